The van der Waals surface area contributed by atoms with E-state index in [0.29, 0.717) is 11.1 Å². The lowest BCUT2D eigenvalue weighted by Gasteiger charge is -2.23. The van der Waals surface area contributed by atoms with Crippen LogP contribution < -0.4 is 5.73 Å². The van der Waals surface area contributed by atoms with E-state index in [1.807, 2.05) is 6.07 Å². The van der Waals surface area contributed by atoms with Gasteiger partial charge in [-0.3, -0.25) is 4.57 Å². The average Bonchev–Trinajstić information content (AvgIpc) is 2.38. The van der Waals surface area contributed by atoms with Crippen LogP contribution in [0.25, 0.3) is 0 Å². The van der Waals surface area contributed by atoms with Crippen LogP contribution in [-0.2, 0) is 13.6 Å². The summed E-state index contributed by atoms with van der Waals surface area (Å²) in [6, 6.07) is 8.76. The molecule has 6 heteroatoms. The molecule has 0 fully saturated rings. The third kappa shape index (κ3) is 3.18. The smallest absolute Gasteiger partial charge is 0.314 e. The molecule has 1 atom stereocenters. The Morgan fingerprint density at radius 3 is 2.39 bits per heavy atom. The topological polar surface area (TPSA) is 85.3 Å². The van der Waals surface area contributed by atoms with Gasteiger partial charge in [0.15, 0.2) is 0 Å². The molecule has 2 N–H and O–H groups in total. The van der Waals surface area contributed by atoms with Gasteiger partial charge < -0.3 is 14.8 Å². The molecule has 0 unspecified atom stereocenters. The maximum atomic E-state index is 12.5. The molecule has 5 nitrogen and oxygen atoms in total. The molecular formula is C12H17N2O3P. The predicted molar refractivity (Wildman–Crippen MR) is 68.9 cm³/mol. The third-order valence-electron chi connectivity index (χ3n) is 2.36. The predicted octanol–water partition coefficient (Wildman–Crippen LogP) is 2.78. The first-order valence-corrected chi connectivity index (χ1v) is 7.33. The summed E-state index contributed by atoms with van der Waals surface area (Å²) in [5.74, 6) is -0.951. The summed E-state index contributed by atoms with van der Waals surface area (Å²) in [6.45, 7) is 3.91. The number of nitriles is 1. The van der Waals surface area contributed by atoms with Crippen molar-refractivity contribution in [2.24, 2.45) is 5.73 Å². The van der Waals surface area contributed by atoms with E-state index in [0.717, 1.165) is 0 Å². The summed E-state index contributed by atoms with van der Waals surface area (Å²) in [7, 11) is -3.45. The van der Waals surface area contributed by atoms with E-state index < -0.39 is 13.4 Å². The molecule has 98 valence electrons. The summed E-state index contributed by atoms with van der Waals surface area (Å²) in [5, 5.41) is 9.02. The minimum absolute atomic E-state index is 0.236. The lowest BCUT2D eigenvalue weighted by atomic mass is 10.1. The third-order valence-corrected chi connectivity index (χ3v) is 4.55. The molecule has 0 bridgehead atoms. The molecule has 0 saturated heterocycles. The highest BCUT2D eigenvalue weighted by molar-refractivity contribution is 7.54. The second-order valence-corrected chi connectivity index (χ2v) is 5.67. The Balaban J connectivity index is 3.14. The SMILES string of the molecule is CCOP(=O)(OCC)[C@@H](N)c1ccccc1C#N. The Labute approximate surface area is 107 Å². The highest BCUT2D eigenvalue weighted by atomic mass is 31.2. The van der Waals surface area contributed by atoms with E-state index in [1.54, 1.807) is 38.1 Å². The summed E-state index contributed by atoms with van der Waals surface area (Å²) in [4.78, 5) is 0. The average molecular weight is 268 g/mol. The van der Waals surface area contributed by atoms with E-state index in [4.69, 9.17) is 20.0 Å². The minimum Gasteiger partial charge on any atom is -0.314 e. The van der Waals surface area contributed by atoms with Crippen molar-refractivity contribution in [3.8, 4) is 6.07 Å². The van der Waals surface area contributed by atoms with Gasteiger partial charge >= 0.3 is 7.60 Å². The second-order valence-electron chi connectivity index (χ2n) is 3.52. The van der Waals surface area contributed by atoms with E-state index in [-0.39, 0.29) is 13.2 Å². The summed E-state index contributed by atoms with van der Waals surface area (Å²) in [6.07, 6.45) is 0. The van der Waals surface area contributed by atoms with E-state index in [1.165, 1.54) is 0 Å². The standard InChI is InChI=1S/C12H17N2O3P/c1-3-16-18(15,17-4-2)12(14)11-8-6-5-7-10(11)9-13/h5-8,12H,3-4,14H2,1-2H3/t12-/m1/s1. The van der Waals surface area contributed by atoms with Gasteiger partial charge in [-0.2, -0.15) is 5.26 Å². The Kier molecular flexibility index (Phi) is 5.52. The Hall–Kier alpha value is -1.18. The summed E-state index contributed by atoms with van der Waals surface area (Å²) < 4.78 is 22.9. The van der Waals surface area contributed by atoms with Gasteiger partial charge in [-0.1, -0.05) is 18.2 Å². The van der Waals surface area contributed by atoms with Crippen LogP contribution in [0.15, 0.2) is 24.3 Å². The fourth-order valence-electron chi connectivity index (χ4n) is 1.58. The molecule has 0 amide bonds. The number of nitrogens with two attached hydrogens (primary N) is 1. The van der Waals surface area contributed by atoms with Gasteiger partial charge in [-0.25, -0.2) is 0 Å². The molecule has 1 aromatic rings. The van der Waals surface area contributed by atoms with Crippen LogP contribution in [0.3, 0.4) is 0 Å². The largest absolute Gasteiger partial charge is 0.351 e. The first-order chi connectivity index (χ1) is 8.59. The fourth-order valence-corrected chi connectivity index (χ4v) is 3.27. The van der Waals surface area contributed by atoms with Crippen LogP contribution in [0.4, 0.5) is 0 Å². The number of rotatable bonds is 6. The maximum absolute atomic E-state index is 12.5. The van der Waals surface area contributed by atoms with Crippen molar-refractivity contribution >= 4 is 7.60 Å². The van der Waals surface area contributed by atoms with Crippen molar-refractivity contribution < 1.29 is 13.6 Å². The van der Waals surface area contributed by atoms with Gasteiger partial charge in [0.25, 0.3) is 0 Å². The quantitative estimate of drug-likeness (QED) is 0.802. The summed E-state index contributed by atoms with van der Waals surface area (Å²) >= 11 is 0. The van der Waals surface area contributed by atoms with Crippen LogP contribution >= 0.6 is 7.60 Å². The maximum Gasteiger partial charge on any atom is 0.351 e. The second kappa shape index (κ2) is 6.67. The number of hydrogen-bond acceptors (Lipinski definition) is 5. The molecular weight excluding hydrogens is 251 g/mol. The van der Waals surface area contributed by atoms with Gasteiger partial charge in [0.2, 0.25) is 0 Å². The van der Waals surface area contributed by atoms with Crippen LogP contribution in [0.1, 0.15) is 30.8 Å². The van der Waals surface area contributed by atoms with Gasteiger partial charge in [0, 0.05) is 0 Å². The summed E-state index contributed by atoms with van der Waals surface area (Å²) in [5.41, 5.74) is 6.81. The van der Waals surface area contributed by atoms with Gasteiger partial charge in [-0.05, 0) is 25.5 Å². The van der Waals surface area contributed by atoms with Crippen LogP contribution in [0.2, 0.25) is 0 Å². The lowest BCUT2D eigenvalue weighted by molar-refractivity contribution is 0.212. The number of hydrogen-bond donors (Lipinski definition) is 1. The molecule has 1 rings (SSSR count). The minimum atomic E-state index is -3.45. The normalized spacial score (nSPS) is 13.0. The first kappa shape index (κ1) is 14.9. The van der Waals surface area contributed by atoms with Crippen molar-refractivity contribution in [3.05, 3.63) is 35.4 Å². The van der Waals surface area contributed by atoms with Crippen molar-refractivity contribution in [2.75, 3.05) is 13.2 Å². The van der Waals surface area contributed by atoms with Crippen LogP contribution in [-0.4, -0.2) is 13.2 Å². The zero-order valence-corrected chi connectivity index (χ0v) is 11.4. The zero-order chi connectivity index (χ0) is 13.6. The Morgan fingerprint density at radius 2 is 1.89 bits per heavy atom. The Bertz CT molecular complexity index is 474. The van der Waals surface area contributed by atoms with Crippen LogP contribution in [0, 0.1) is 11.3 Å². The zero-order valence-electron chi connectivity index (χ0n) is 10.5. The number of benzene rings is 1. The fraction of sp³-hybridized carbons (Fsp3) is 0.417. The van der Waals surface area contributed by atoms with Gasteiger partial charge in [0.1, 0.15) is 5.78 Å². The van der Waals surface area contributed by atoms with E-state index in [9.17, 15) is 4.57 Å². The molecule has 1 aromatic carbocycles. The first-order valence-electron chi connectivity index (χ1n) is 5.72. The van der Waals surface area contributed by atoms with E-state index in [2.05, 4.69) is 0 Å². The molecule has 0 aromatic heterocycles. The van der Waals surface area contributed by atoms with E-state index >= 15 is 0 Å². The molecule has 0 aliphatic heterocycles. The molecule has 0 radical (unpaired) electrons. The van der Waals surface area contributed by atoms with Crippen LogP contribution in [0.5, 0.6) is 0 Å². The molecule has 18 heavy (non-hydrogen) atoms. The molecule has 0 aliphatic carbocycles. The van der Waals surface area contributed by atoms with Gasteiger partial charge in [-0.15, -0.1) is 0 Å². The highest BCUT2D eigenvalue weighted by Gasteiger charge is 2.35. The molecule has 0 heterocycles. The van der Waals surface area contributed by atoms with Gasteiger partial charge in [0.05, 0.1) is 24.8 Å². The highest BCUT2D eigenvalue weighted by Crippen LogP contribution is 2.58. The molecule has 0 spiro atoms. The van der Waals surface area contributed by atoms with Crippen molar-refractivity contribution in [2.45, 2.75) is 19.6 Å². The molecule has 0 aliphatic rings. The van der Waals surface area contributed by atoms with Crippen molar-refractivity contribution in [1.29, 1.82) is 5.26 Å². The molecule has 0 saturated carbocycles. The van der Waals surface area contributed by atoms with Crippen molar-refractivity contribution in [1.82, 2.24) is 0 Å². The monoisotopic (exact) mass is 268 g/mol. The number of nitrogens with zero attached hydrogens (tertiary/aromatic N) is 1. The Morgan fingerprint density at radius 1 is 1.33 bits per heavy atom. The van der Waals surface area contributed by atoms with Crippen molar-refractivity contribution in [3.63, 3.8) is 0 Å². The lowest BCUT2D eigenvalue weighted by Crippen LogP contribution is -2.16.